The van der Waals surface area contributed by atoms with E-state index >= 15 is 0 Å². The number of hydrogen-bond acceptors (Lipinski definition) is 4. The van der Waals surface area contributed by atoms with Crippen LogP contribution in [0.25, 0.3) is 21.9 Å². The highest BCUT2D eigenvalue weighted by molar-refractivity contribution is 6.05. The van der Waals surface area contributed by atoms with E-state index < -0.39 is 0 Å². The molecule has 2 aromatic heterocycles. The second-order valence-corrected chi connectivity index (χ2v) is 4.88. The molecule has 0 fully saturated rings. The Morgan fingerprint density at radius 1 is 1.29 bits per heavy atom. The third-order valence-electron chi connectivity index (χ3n) is 3.71. The van der Waals surface area contributed by atoms with Crippen molar-refractivity contribution in [1.82, 2.24) is 14.1 Å². The molecule has 21 heavy (non-hydrogen) atoms. The second kappa shape index (κ2) is 5.21. The number of nitrogens with zero attached hydrogens (tertiary/aromatic N) is 3. The van der Waals surface area contributed by atoms with Crippen LogP contribution in [0, 0.1) is 0 Å². The first-order valence-electron chi connectivity index (χ1n) is 6.68. The fraction of sp³-hybridized carbons (Fsp3) is 0.333. The lowest BCUT2D eigenvalue weighted by Crippen LogP contribution is -2.23. The lowest BCUT2D eigenvalue weighted by molar-refractivity contribution is 0.186. The van der Waals surface area contributed by atoms with Crippen molar-refractivity contribution in [3.63, 3.8) is 0 Å². The predicted molar refractivity (Wildman–Crippen MR) is 80.9 cm³/mol. The van der Waals surface area contributed by atoms with Crippen LogP contribution in [-0.2, 0) is 18.3 Å². The van der Waals surface area contributed by atoms with Crippen molar-refractivity contribution in [2.24, 2.45) is 7.05 Å². The lowest BCUT2D eigenvalue weighted by atomic mass is 10.2. The highest BCUT2D eigenvalue weighted by atomic mass is 16.5. The van der Waals surface area contributed by atoms with E-state index in [0.29, 0.717) is 24.2 Å². The summed E-state index contributed by atoms with van der Waals surface area (Å²) >= 11 is 0. The minimum Gasteiger partial charge on any atom is -0.497 e. The van der Waals surface area contributed by atoms with Crippen molar-refractivity contribution >= 4 is 21.9 Å². The standard InChI is InChI=1S/C15H17N3O3/c1-17-12-5-4-10(21-3)8-11(12)13-14(17)15(19)18(9-16-13)6-7-20-2/h4-5,8-9H,6-7H2,1-3H3. The largest absolute Gasteiger partial charge is 0.497 e. The normalized spacial score (nSPS) is 11.4. The van der Waals surface area contributed by atoms with Gasteiger partial charge in [-0.15, -0.1) is 0 Å². The summed E-state index contributed by atoms with van der Waals surface area (Å²) in [6.07, 6.45) is 1.57. The number of methoxy groups -OCH3 is 2. The van der Waals surface area contributed by atoms with Crippen LogP contribution < -0.4 is 10.3 Å². The van der Waals surface area contributed by atoms with Gasteiger partial charge in [0.1, 0.15) is 16.8 Å². The van der Waals surface area contributed by atoms with E-state index in [0.717, 1.165) is 16.7 Å². The van der Waals surface area contributed by atoms with Gasteiger partial charge in [0.05, 0.1) is 32.1 Å². The monoisotopic (exact) mass is 287 g/mol. The number of aryl methyl sites for hydroxylation is 1. The van der Waals surface area contributed by atoms with Crippen LogP contribution in [0.4, 0.5) is 0 Å². The van der Waals surface area contributed by atoms with E-state index in [9.17, 15) is 4.79 Å². The number of hydrogen-bond donors (Lipinski definition) is 0. The van der Waals surface area contributed by atoms with Crippen LogP contribution in [0.1, 0.15) is 0 Å². The van der Waals surface area contributed by atoms with Crippen molar-refractivity contribution in [3.8, 4) is 5.75 Å². The Bertz CT molecular complexity index is 864. The molecule has 2 heterocycles. The molecule has 0 atom stereocenters. The SMILES string of the molecule is COCCn1cnc2c3cc(OC)ccc3n(C)c2c1=O. The average molecular weight is 287 g/mol. The average Bonchev–Trinajstić information content (AvgIpc) is 2.79. The molecular formula is C15H17N3O3. The van der Waals surface area contributed by atoms with E-state index in [1.165, 1.54) is 0 Å². The van der Waals surface area contributed by atoms with Gasteiger partial charge in [-0.2, -0.15) is 0 Å². The Morgan fingerprint density at radius 2 is 2.10 bits per heavy atom. The van der Waals surface area contributed by atoms with Crippen LogP contribution in [0.15, 0.2) is 29.3 Å². The Morgan fingerprint density at radius 3 is 2.81 bits per heavy atom. The molecule has 6 heteroatoms. The fourth-order valence-corrected chi connectivity index (χ4v) is 2.57. The van der Waals surface area contributed by atoms with Crippen molar-refractivity contribution in [2.75, 3.05) is 20.8 Å². The van der Waals surface area contributed by atoms with Gasteiger partial charge in [0.15, 0.2) is 0 Å². The third kappa shape index (κ3) is 2.08. The first kappa shape index (κ1) is 13.6. The molecule has 0 saturated heterocycles. The van der Waals surface area contributed by atoms with Gasteiger partial charge in [-0.3, -0.25) is 9.36 Å². The molecule has 0 aliphatic heterocycles. The number of benzene rings is 1. The molecular weight excluding hydrogens is 270 g/mol. The maximum Gasteiger partial charge on any atom is 0.277 e. The minimum atomic E-state index is -0.0604. The highest BCUT2D eigenvalue weighted by Gasteiger charge is 2.14. The highest BCUT2D eigenvalue weighted by Crippen LogP contribution is 2.27. The Labute approximate surface area is 121 Å². The molecule has 3 aromatic rings. The van der Waals surface area contributed by atoms with Crippen molar-refractivity contribution in [1.29, 1.82) is 0 Å². The molecule has 0 aliphatic rings. The molecule has 0 unspecified atom stereocenters. The summed E-state index contributed by atoms with van der Waals surface area (Å²) in [5, 5.41) is 0.919. The van der Waals surface area contributed by atoms with Crippen molar-refractivity contribution < 1.29 is 9.47 Å². The molecule has 0 spiro atoms. The van der Waals surface area contributed by atoms with Gasteiger partial charge in [0, 0.05) is 19.5 Å². The summed E-state index contributed by atoms with van der Waals surface area (Å²) in [4.78, 5) is 17.0. The van der Waals surface area contributed by atoms with Crippen LogP contribution in [0.2, 0.25) is 0 Å². The van der Waals surface area contributed by atoms with Gasteiger partial charge < -0.3 is 14.0 Å². The quantitative estimate of drug-likeness (QED) is 0.730. The summed E-state index contributed by atoms with van der Waals surface area (Å²) in [6, 6.07) is 5.73. The van der Waals surface area contributed by atoms with Crippen LogP contribution in [-0.4, -0.2) is 34.9 Å². The number of aromatic nitrogens is 3. The molecule has 6 nitrogen and oxygen atoms in total. The molecule has 0 aliphatic carbocycles. The molecule has 0 saturated carbocycles. The molecule has 3 rings (SSSR count). The molecule has 0 bridgehead atoms. The van der Waals surface area contributed by atoms with Gasteiger partial charge in [-0.25, -0.2) is 4.98 Å². The number of rotatable bonds is 4. The maximum atomic E-state index is 12.6. The molecule has 0 N–H and O–H groups in total. The van der Waals surface area contributed by atoms with E-state index in [-0.39, 0.29) is 5.56 Å². The number of ether oxygens (including phenoxy) is 2. The van der Waals surface area contributed by atoms with Gasteiger partial charge in [-0.05, 0) is 18.2 Å². The van der Waals surface area contributed by atoms with Crippen LogP contribution in [0.3, 0.4) is 0 Å². The summed E-state index contributed by atoms with van der Waals surface area (Å²) in [7, 11) is 5.11. The van der Waals surface area contributed by atoms with Gasteiger partial charge >= 0.3 is 0 Å². The minimum absolute atomic E-state index is 0.0604. The molecule has 110 valence electrons. The van der Waals surface area contributed by atoms with Gasteiger partial charge in [0.25, 0.3) is 5.56 Å². The molecule has 0 amide bonds. The van der Waals surface area contributed by atoms with Gasteiger partial charge in [-0.1, -0.05) is 0 Å². The van der Waals surface area contributed by atoms with E-state index in [1.54, 1.807) is 25.1 Å². The summed E-state index contributed by atoms with van der Waals surface area (Å²) in [5.74, 6) is 0.750. The Kier molecular flexibility index (Phi) is 3.39. The van der Waals surface area contributed by atoms with Crippen LogP contribution >= 0.6 is 0 Å². The maximum absolute atomic E-state index is 12.6. The topological polar surface area (TPSA) is 58.3 Å². The van der Waals surface area contributed by atoms with Crippen molar-refractivity contribution in [3.05, 3.63) is 34.9 Å². The third-order valence-corrected chi connectivity index (χ3v) is 3.71. The Balaban J connectivity index is 2.31. The smallest absolute Gasteiger partial charge is 0.277 e. The zero-order valence-corrected chi connectivity index (χ0v) is 12.3. The molecule has 0 radical (unpaired) electrons. The summed E-state index contributed by atoms with van der Waals surface area (Å²) in [6.45, 7) is 0.966. The first-order valence-corrected chi connectivity index (χ1v) is 6.68. The fourth-order valence-electron chi connectivity index (χ4n) is 2.57. The van der Waals surface area contributed by atoms with Crippen LogP contribution in [0.5, 0.6) is 5.75 Å². The van der Waals surface area contributed by atoms with E-state index in [4.69, 9.17) is 9.47 Å². The second-order valence-electron chi connectivity index (χ2n) is 4.88. The van der Waals surface area contributed by atoms with E-state index in [2.05, 4.69) is 4.98 Å². The zero-order valence-electron chi connectivity index (χ0n) is 12.3. The lowest BCUT2D eigenvalue weighted by Gasteiger charge is -2.04. The number of fused-ring (bicyclic) bond motifs is 3. The summed E-state index contributed by atoms with van der Waals surface area (Å²) < 4.78 is 13.7. The first-order chi connectivity index (χ1) is 10.2. The summed E-state index contributed by atoms with van der Waals surface area (Å²) in [5.41, 5.74) is 2.19. The van der Waals surface area contributed by atoms with Gasteiger partial charge in [0.2, 0.25) is 0 Å². The van der Waals surface area contributed by atoms with E-state index in [1.807, 2.05) is 29.8 Å². The predicted octanol–water partition coefficient (Wildman–Crippen LogP) is 1.54. The zero-order chi connectivity index (χ0) is 15.0. The Hall–Kier alpha value is -2.34. The van der Waals surface area contributed by atoms with Crippen molar-refractivity contribution in [2.45, 2.75) is 6.54 Å². The molecule has 1 aromatic carbocycles.